The van der Waals surface area contributed by atoms with E-state index in [-0.39, 0.29) is 5.91 Å². The van der Waals surface area contributed by atoms with Gasteiger partial charge in [0.1, 0.15) is 10.4 Å². The summed E-state index contributed by atoms with van der Waals surface area (Å²) < 4.78 is 0.701. The number of nitrogens with zero attached hydrogens (tertiary/aromatic N) is 3. The lowest BCUT2D eigenvalue weighted by atomic mass is 10.1. The number of halogens is 2. The van der Waals surface area contributed by atoms with Crippen LogP contribution in [0.4, 0.5) is 5.69 Å². The third-order valence-corrected chi connectivity index (χ3v) is 4.87. The number of alkyl halides is 1. The van der Waals surface area contributed by atoms with Gasteiger partial charge in [0.05, 0.1) is 6.54 Å². The predicted octanol–water partition coefficient (Wildman–Crippen LogP) is 4.16. The number of benzene rings is 1. The summed E-state index contributed by atoms with van der Waals surface area (Å²) in [6.45, 7) is 4.24. The number of rotatable bonds is 5. The van der Waals surface area contributed by atoms with Gasteiger partial charge in [0.2, 0.25) is 5.91 Å². The molecule has 1 unspecified atom stereocenters. The fourth-order valence-electron chi connectivity index (χ4n) is 1.92. The van der Waals surface area contributed by atoms with Crippen LogP contribution in [0.2, 0.25) is 0 Å². The van der Waals surface area contributed by atoms with Crippen LogP contribution in [0.15, 0.2) is 28.2 Å². The summed E-state index contributed by atoms with van der Waals surface area (Å²) in [5, 5.41) is 8.21. The molecular weight excluding hydrogens is 374 g/mol. The minimum atomic E-state index is -0.541. The number of aryl methyl sites for hydroxylation is 1. The highest BCUT2D eigenvalue weighted by atomic mass is 79.9. The fraction of sp³-hybridized carbons (Fsp3) is 0.357. The second kappa shape index (κ2) is 7.33. The first kappa shape index (κ1) is 16.4. The van der Waals surface area contributed by atoms with E-state index >= 15 is 0 Å². The molecular formula is C14H15BrClN3OS. The van der Waals surface area contributed by atoms with Gasteiger partial charge in [-0.3, -0.25) is 4.79 Å². The molecule has 2 rings (SSSR count). The number of carbonyl (C=O) groups excluding carboxylic acids is 1. The maximum absolute atomic E-state index is 12.6. The van der Waals surface area contributed by atoms with Gasteiger partial charge in [-0.05, 0) is 40.9 Å². The van der Waals surface area contributed by atoms with Crippen LogP contribution < -0.4 is 4.90 Å². The Balaban J connectivity index is 2.35. The van der Waals surface area contributed by atoms with Gasteiger partial charge in [-0.25, -0.2) is 0 Å². The number of amides is 1. The topological polar surface area (TPSA) is 46.1 Å². The molecule has 7 heteroatoms. The van der Waals surface area contributed by atoms with E-state index in [4.69, 9.17) is 11.6 Å². The molecule has 0 fully saturated rings. The minimum Gasteiger partial charge on any atom is -0.304 e. The van der Waals surface area contributed by atoms with Crippen LogP contribution in [0.5, 0.6) is 0 Å². The number of carbonyl (C=O) groups is 1. The van der Waals surface area contributed by atoms with Gasteiger partial charge in [0.15, 0.2) is 3.92 Å². The average Bonchev–Trinajstić information content (AvgIpc) is 2.89. The highest BCUT2D eigenvalue weighted by Gasteiger charge is 2.24. The van der Waals surface area contributed by atoms with Gasteiger partial charge >= 0.3 is 0 Å². The number of aromatic nitrogens is 2. The van der Waals surface area contributed by atoms with Crippen molar-refractivity contribution in [1.82, 2.24) is 10.2 Å². The van der Waals surface area contributed by atoms with E-state index in [2.05, 4.69) is 26.1 Å². The van der Waals surface area contributed by atoms with Gasteiger partial charge in [-0.1, -0.05) is 36.5 Å². The Kier molecular flexibility index (Phi) is 5.72. The lowest BCUT2D eigenvalue weighted by molar-refractivity contribution is -0.118. The third-order valence-electron chi connectivity index (χ3n) is 3.03. The van der Waals surface area contributed by atoms with Crippen molar-refractivity contribution >= 4 is 50.5 Å². The standard InChI is InChI=1S/C14H15BrClN3OS/c1-3-10(16)13(20)19(8-12-17-18-14(15)21-12)11-7-5-4-6-9(11)2/h4-7,10H,3,8H2,1-2H3. The zero-order chi connectivity index (χ0) is 15.4. The molecule has 112 valence electrons. The summed E-state index contributed by atoms with van der Waals surface area (Å²) in [7, 11) is 0. The van der Waals surface area contributed by atoms with Crippen LogP contribution in [0.1, 0.15) is 23.9 Å². The average molecular weight is 389 g/mol. The van der Waals surface area contributed by atoms with Crippen molar-refractivity contribution in [2.24, 2.45) is 0 Å². The summed E-state index contributed by atoms with van der Waals surface area (Å²) >= 11 is 10.8. The lowest BCUT2D eigenvalue weighted by Crippen LogP contribution is -2.36. The van der Waals surface area contributed by atoms with E-state index in [0.717, 1.165) is 16.3 Å². The van der Waals surface area contributed by atoms with Crippen molar-refractivity contribution in [3.05, 3.63) is 38.8 Å². The zero-order valence-corrected chi connectivity index (χ0v) is 14.9. The highest BCUT2D eigenvalue weighted by Crippen LogP contribution is 2.26. The predicted molar refractivity (Wildman–Crippen MR) is 89.9 cm³/mol. The van der Waals surface area contributed by atoms with E-state index < -0.39 is 5.38 Å². The maximum atomic E-state index is 12.6. The molecule has 0 bridgehead atoms. The first-order valence-electron chi connectivity index (χ1n) is 6.52. The van der Waals surface area contributed by atoms with Crippen molar-refractivity contribution < 1.29 is 4.79 Å². The number of hydrogen-bond donors (Lipinski definition) is 0. The molecule has 1 aromatic heterocycles. The lowest BCUT2D eigenvalue weighted by Gasteiger charge is -2.25. The monoisotopic (exact) mass is 387 g/mol. The van der Waals surface area contributed by atoms with Crippen LogP contribution in [0.3, 0.4) is 0 Å². The van der Waals surface area contributed by atoms with Crippen molar-refractivity contribution in [3.63, 3.8) is 0 Å². The van der Waals surface area contributed by atoms with Crippen LogP contribution in [-0.4, -0.2) is 21.5 Å². The number of para-hydroxylation sites is 1. The smallest absolute Gasteiger partial charge is 0.245 e. The highest BCUT2D eigenvalue weighted by molar-refractivity contribution is 9.11. The van der Waals surface area contributed by atoms with Crippen molar-refractivity contribution in [3.8, 4) is 0 Å². The van der Waals surface area contributed by atoms with Crippen LogP contribution in [0.25, 0.3) is 0 Å². The Morgan fingerprint density at radius 3 is 2.71 bits per heavy atom. The Hall–Kier alpha value is -0.980. The largest absolute Gasteiger partial charge is 0.304 e. The molecule has 0 aliphatic rings. The molecule has 0 saturated heterocycles. The molecule has 0 aliphatic carbocycles. The first-order chi connectivity index (χ1) is 10.0. The van der Waals surface area contributed by atoms with Crippen molar-refractivity contribution in [2.75, 3.05) is 4.90 Å². The Morgan fingerprint density at radius 2 is 2.14 bits per heavy atom. The SMILES string of the molecule is CCC(Cl)C(=O)N(Cc1nnc(Br)s1)c1ccccc1C. The summed E-state index contributed by atoms with van der Waals surface area (Å²) in [6.07, 6.45) is 0.586. The van der Waals surface area contributed by atoms with Crippen LogP contribution in [0, 0.1) is 6.92 Å². The van der Waals surface area contributed by atoms with E-state index in [1.807, 2.05) is 38.1 Å². The molecule has 0 N–H and O–H groups in total. The van der Waals surface area contributed by atoms with Crippen LogP contribution in [-0.2, 0) is 11.3 Å². The van der Waals surface area contributed by atoms with E-state index in [1.54, 1.807) is 4.90 Å². The molecule has 0 saturated carbocycles. The Morgan fingerprint density at radius 1 is 1.43 bits per heavy atom. The molecule has 4 nitrogen and oxygen atoms in total. The second-order valence-corrected chi connectivity index (χ2v) is 7.40. The van der Waals surface area contributed by atoms with Gasteiger partial charge < -0.3 is 4.90 Å². The van der Waals surface area contributed by atoms with Crippen LogP contribution >= 0.6 is 38.9 Å². The normalized spacial score (nSPS) is 12.2. The molecule has 1 heterocycles. The second-order valence-electron chi connectivity index (χ2n) is 4.54. The van der Waals surface area contributed by atoms with Gasteiger partial charge in [0, 0.05) is 5.69 Å². The summed E-state index contributed by atoms with van der Waals surface area (Å²) in [5.41, 5.74) is 1.88. The van der Waals surface area contributed by atoms with Gasteiger partial charge in [0.25, 0.3) is 0 Å². The molecule has 1 atom stereocenters. The van der Waals surface area contributed by atoms with E-state index in [0.29, 0.717) is 16.9 Å². The molecule has 2 aromatic rings. The minimum absolute atomic E-state index is 0.111. The van der Waals surface area contributed by atoms with E-state index in [9.17, 15) is 4.79 Å². The molecule has 21 heavy (non-hydrogen) atoms. The molecule has 0 radical (unpaired) electrons. The number of hydrogen-bond acceptors (Lipinski definition) is 4. The molecule has 1 aromatic carbocycles. The third kappa shape index (κ3) is 4.02. The quantitative estimate of drug-likeness (QED) is 0.723. The Labute approximate surface area is 141 Å². The van der Waals surface area contributed by atoms with Gasteiger partial charge in [-0.15, -0.1) is 21.8 Å². The number of anilines is 1. The fourth-order valence-corrected chi connectivity index (χ4v) is 3.23. The summed E-state index contributed by atoms with van der Waals surface area (Å²) in [4.78, 5) is 14.3. The van der Waals surface area contributed by atoms with Crippen molar-refractivity contribution in [2.45, 2.75) is 32.2 Å². The molecule has 1 amide bonds. The molecule has 0 spiro atoms. The summed E-state index contributed by atoms with van der Waals surface area (Å²) in [5.74, 6) is -0.111. The van der Waals surface area contributed by atoms with Crippen molar-refractivity contribution in [1.29, 1.82) is 0 Å². The Bertz CT molecular complexity index is 634. The summed E-state index contributed by atoms with van der Waals surface area (Å²) in [6, 6.07) is 7.75. The van der Waals surface area contributed by atoms with E-state index in [1.165, 1.54) is 11.3 Å². The van der Waals surface area contributed by atoms with Gasteiger partial charge in [-0.2, -0.15) is 0 Å². The first-order valence-corrected chi connectivity index (χ1v) is 8.56. The zero-order valence-electron chi connectivity index (χ0n) is 11.7. The maximum Gasteiger partial charge on any atom is 0.245 e. The molecule has 0 aliphatic heterocycles.